The van der Waals surface area contributed by atoms with Gasteiger partial charge in [-0.1, -0.05) is 15.9 Å². The summed E-state index contributed by atoms with van der Waals surface area (Å²) >= 11 is 3.46. The van der Waals surface area contributed by atoms with E-state index in [2.05, 4.69) is 28.0 Å². The molecule has 1 heterocycles. The Bertz CT molecular complexity index is 593. The highest BCUT2D eigenvalue weighted by Crippen LogP contribution is 2.28. The Kier molecular flexibility index (Phi) is 4.83. The van der Waals surface area contributed by atoms with Gasteiger partial charge in [0, 0.05) is 22.6 Å². The van der Waals surface area contributed by atoms with Crippen molar-refractivity contribution in [2.24, 2.45) is 5.73 Å². The molecule has 0 fully saturated rings. The third kappa shape index (κ3) is 3.41. The number of ether oxygens (including phenoxy) is 1. The van der Waals surface area contributed by atoms with Gasteiger partial charge in [-0.2, -0.15) is 5.10 Å². The van der Waals surface area contributed by atoms with Gasteiger partial charge in [0.05, 0.1) is 11.4 Å². The second kappa shape index (κ2) is 6.41. The normalized spacial score (nSPS) is 12.4. The third-order valence-electron chi connectivity index (χ3n) is 3.12. The average molecular weight is 338 g/mol. The first kappa shape index (κ1) is 15.1. The molecule has 0 spiro atoms. The Hall–Kier alpha value is -1.33. The van der Waals surface area contributed by atoms with Crippen molar-refractivity contribution in [3.63, 3.8) is 0 Å². The van der Waals surface area contributed by atoms with E-state index in [4.69, 9.17) is 10.5 Å². The van der Waals surface area contributed by atoms with Crippen LogP contribution in [0.1, 0.15) is 36.8 Å². The molecule has 4 nitrogen and oxygen atoms in total. The van der Waals surface area contributed by atoms with Gasteiger partial charge in [-0.15, -0.1) is 0 Å². The fourth-order valence-corrected chi connectivity index (χ4v) is 2.53. The van der Waals surface area contributed by atoms with Gasteiger partial charge in [0.1, 0.15) is 12.4 Å². The lowest BCUT2D eigenvalue weighted by atomic mass is 10.1. The van der Waals surface area contributed by atoms with Crippen molar-refractivity contribution in [3.05, 3.63) is 45.7 Å². The molecular weight excluding hydrogens is 318 g/mol. The van der Waals surface area contributed by atoms with E-state index in [1.165, 1.54) is 0 Å². The van der Waals surface area contributed by atoms with E-state index in [9.17, 15) is 0 Å². The van der Waals surface area contributed by atoms with Crippen LogP contribution in [-0.2, 0) is 13.2 Å². The molecule has 2 rings (SSSR count). The van der Waals surface area contributed by atoms with Gasteiger partial charge in [0.25, 0.3) is 0 Å². The molecule has 2 N–H and O–H groups in total. The predicted molar refractivity (Wildman–Crippen MR) is 83.7 cm³/mol. The first-order valence-electron chi connectivity index (χ1n) is 6.72. The summed E-state index contributed by atoms with van der Waals surface area (Å²) in [5.41, 5.74) is 9.07. The standard InChI is InChI=1S/C15H20BrN3O/c1-4-19-13(7-10(2)18-19)9-20-15-6-5-12(16)8-14(15)11(3)17/h5-8,11H,4,9,17H2,1-3H3. The minimum Gasteiger partial charge on any atom is -0.487 e. The van der Waals surface area contributed by atoms with E-state index in [1.54, 1.807) is 0 Å². The van der Waals surface area contributed by atoms with Crippen molar-refractivity contribution < 1.29 is 4.74 Å². The smallest absolute Gasteiger partial charge is 0.130 e. The van der Waals surface area contributed by atoms with Crippen LogP contribution < -0.4 is 10.5 Å². The van der Waals surface area contributed by atoms with Crippen molar-refractivity contribution in [1.82, 2.24) is 9.78 Å². The van der Waals surface area contributed by atoms with Crippen molar-refractivity contribution in [1.29, 1.82) is 0 Å². The van der Waals surface area contributed by atoms with Crippen molar-refractivity contribution in [3.8, 4) is 5.75 Å². The molecule has 0 aliphatic rings. The summed E-state index contributed by atoms with van der Waals surface area (Å²) in [5, 5.41) is 4.42. The Morgan fingerprint density at radius 3 is 2.80 bits per heavy atom. The lowest BCUT2D eigenvalue weighted by Gasteiger charge is -2.14. The molecule has 2 aromatic rings. The molecule has 0 aliphatic heterocycles. The number of nitrogens with zero attached hydrogens (tertiary/aromatic N) is 2. The molecular formula is C15H20BrN3O. The highest BCUT2D eigenvalue weighted by Gasteiger charge is 2.11. The molecule has 0 saturated heterocycles. The Morgan fingerprint density at radius 1 is 1.40 bits per heavy atom. The van der Waals surface area contributed by atoms with Gasteiger partial charge in [-0.3, -0.25) is 4.68 Å². The molecule has 0 saturated carbocycles. The summed E-state index contributed by atoms with van der Waals surface area (Å²) in [6.07, 6.45) is 0. The quantitative estimate of drug-likeness (QED) is 0.907. The van der Waals surface area contributed by atoms with E-state index in [-0.39, 0.29) is 6.04 Å². The number of hydrogen-bond acceptors (Lipinski definition) is 3. The summed E-state index contributed by atoms with van der Waals surface area (Å²) in [6.45, 7) is 7.35. The van der Waals surface area contributed by atoms with Gasteiger partial charge >= 0.3 is 0 Å². The molecule has 0 bridgehead atoms. The zero-order valence-electron chi connectivity index (χ0n) is 12.1. The third-order valence-corrected chi connectivity index (χ3v) is 3.62. The summed E-state index contributed by atoms with van der Waals surface area (Å²) in [5.74, 6) is 0.824. The van der Waals surface area contributed by atoms with E-state index in [1.807, 2.05) is 42.8 Å². The lowest BCUT2D eigenvalue weighted by molar-refractivity contribution is 0.288. The van der Waals surface area contributed by atoms with Crippen molar-refractivity contribution in [2.75, 3.05) is 0 Å². The predicted octanol–water partition coefficient (Wildman–Crippen LogP) is 3.57. The fraction of sp³-hybridized carbons (Fsp3) is 0.400. The second-order valence-corrected chi connectivity index (χ2v) is 5.77. The van der Waals surface area contributed by atoms with E-state index in [0.29, 0.717) is 6.61 Å². The van der Waals surface area contributed by atoms with Crippen LogP contribution in [0.25, 0.3) is 0 Å². The van der Waals surface area contributed by atoms with Crippen molar-refractivity contribution in [2.45, 2.75) is 40.0 Å². The van der Waals surface area contributed by atoms with Gasteiger partial charge in [0.2, 0.25) is 0 Å². The molecule has 0 radical (unpaired) electrons. The van der Waals surface area contributed by atoms with E-state index >= 15 is 0 Å². The van der Waals surface area contributed by atoms with Gasteiger partial charge in [0.15, 0.2) is 0 Å². The summed E-state index contributed by atoms with van der Waals surface area (Å²) < 4.78 is 8.90. The van der Waals surface area contributed by atoms with Gasteiger partial charge in [-0.05, 0) is 45.0 Å². The molecule has 1 aromatic heterocycles. The zero-order valence-corrected chi connectivity index (χ0v) is 13.6. The highest BCUT2D eigenvalue weighted by molar-refractivity contribution is 9.10. The maximum Gasteiger partial charge on any atom is 0.130 e. The maximum absolute atomic E-state index is 5.99. The van der Waals surface area contributed by atoms with Crippen LogP contribution in [0.5, 0.6) is 5.75 Å². The van der Waals surface area contributed by atoms with Gasteiger partial charge in [-0.25, -0.2) is 0 Å². The first-order chi connectivity index (χ1) is 9.51. The zero-order chi connectivity index (χ0) is 14.7. The SMILES string of the molecule is CCn1nc(C)cc1COc1ccc(Br)cc1C(C)N. The number of benzene rings is 1. The average Bonchev–Trinajstić information content (AvgIpc) is 2.77. The molecule has 1 aromatic carbocycles. The molecule has 1 atom stereocenters. The second-order valence-electron chi connectivity index (χ2n) is 4.85. The maximum atomic E-state index is 5.99. The molecule has 0 aliphatic carbocycles. The largest absolute Gasteiger partial charge is 0.487 e. The summed E-state index contributed by atoms with van der Waals surface area (Å²) in [6, 6.07) is 7.89. The topological polar surface area (TPSA) is 53.1 Å². The lowest BCUT2D eigenvalue weighted by Crippen LogP contribution is -2.10. The van der Waals surface area contributed by atoms with E-state index < -0.39 is 0 Å². The number of nitrogens with two attached hydrogens (primary N) is 1. The first-order valence-corrected chi connectivity index (χ1v) is 7.51. The molecule has 0 amide bonds. The molecule has 108 valence electrons. The Morgan fingerprint density at radius 2 is 2.15 bits per heavy atom. The summed E-state index contributed by atoms with van der Waals surface area (Å²) in [4.78, 5) is 0. The van der Waals surface area contributed by atoms with Crippen LogP contribution in [0.3, 0.4) is 0 Å². The number of rotatable bonds is 5. The highest BCUT2D eigenvalue weighted by atomic mass is 79.9. The minimum absolute atomic E-state index is 0.0691. The van der Waals surface area contributed by atoms with Crippen LogP contribution in [-0.4, -0.2) is 9.78 Å². The monoisotopic (exact) mass is 337 g/mol. The minimum atomic E-state index is -0.0691. The van der Waals surface area contributed by atoms with Crippen LogP contribution in [0.15, 0.2) is 28.7 Å². The Balaban J connectivity index is 2.18. The van der Waals surface area contributed by atoms with E-state index in [0.717, 1.165) is 33.7 Å². The number of aryl methyl sites for hydroxylation is 2. The number of hydrogen-bond donors (Lipinski definition) is 1. The number of halogens is 1. The van der Waals surface area contributed by atoms with Crippen LogP contribution in [0, 0.1) is 6.92 Å². The van der Waals surface area contributed by atoms with Crippen molar-refractivity contribution >= 4 is 15.9 Å². The van der Waals surface area contributed by atoms with Gasteiger partial charge < -0.3 is 10.5 Å². The molecule has 5 heteroatoms. The summed E-state index contributed by atoms with van der Waals surface area (Å²) in [7, 11) is 0. The van der Waals surface area contributed by atoms with Crippen LogP contribution in [0.4, 0.5) is 0 Å². The Labute approximate surface area is 128 Å². The molecule has 1 unspecified atom stereocenters. The van der Waals surface area contributed by atoms with Crippen LogP contribution in [0.2, 0.25) is 0 Å². The van der Waals surface area contributed by atoms with Crippen LogP contribution >= 0.6 is 15.9 Å². The fourth-order valence-electron chi connectivity index (χ4n) is 2.15. The number of aromatic nitrogens is 2. The molecule has 20 heavy (non-hydrogen) atoms.